The predicted molar refractivity (Wildman–Crippen MR) is 171 cm³/mol. The Kier molecular flexibility index (Phi) is 8.65. The molecule has 12 heteroatoms. The number of hydrogen-bond donors (Lipinski definition) is 0. The summed E-state index contributed by atoms with van der Waals surface area (Å²) in [5, 5.41) is 2.14. The van der Waals surface area contributed by atoms with Gasteiger partial charge in [-0.3, -0.25) is 14.7 Å². The van der Waals surface area contributed by atoms with Crippen LogP contribution in [0.3, 0.4) is 0 Å². The number of aromatic nitrogens is 3. The maximum absolute atomic E-state index is 16.8. The molecule has 0 spiro atoms. The van der Waals surface area contributed by atoms with Gasteiger partial charge in [-0.15, -0.1) is 0 Å². The zero-order chi connectivity index (χ0) is 32.6. The van der Waals surface area contributed by atoms with Gasteiger partial charge in [-0.1, -0.05) is 25.1 Å². The highest BCUT2D eigenvalue weighted by atomic mass is 19.1. The van der Waals surface area contributed by atoms with Crippen molar-refractivity contribution in [3.63, 3.8) is 0 Å². The summed E-state index contributed by atoms with van der Waals surface area (Å²) in [6.07, 6.45) is 4.18. The minimum absolute atomic E-state index is 0.0168. The molecule has 6 rings (SSSR count). The fraction of sp³-hybridized carbons (Fsp3) is 0.441. The highest BCUT2D eigenvalue weighted by Gasteiger charge is 2.45. The number of nitrogens with zero attached hydrogens (tertiary/aromatic N) is 5. The smallest absolute Gasteiger partial charge is 0.410 e. The van der Waals surface area contributed by atoms with Crippen molar-refractivity contribution < 1.29 is 32.9 Å². The number of aldehydes is 1. The minimum atomic E-state index is -0.649. The van der Waals surface area contributed by atoms with Crippen molar-refractivity contribution in [2.45, 2.75) is 64.6 Å². The molecule has 0 N–H and O–H groups in total. The second kappa shape index (κ2) is 12.7. The number of fused-ring (bicyclic) bond motifs is 4. The van der Waals surface area contributed by atoms with Crippen LogP contribution in [0.5, 0.6) is 11.8 Å². The molecule has 1 amide bonds. The Bertz CT molecular complexity index is 1780. The number of pyridine rings is 1. The number of anilines is 1. The van der Waals surface area contributed by atoms with E-state index in [2.05, 4.69) is 15.0 Å². The molecule has 0 saturated carbocycles. The Morgan fingerprint density at radius 3 is 2.54 bits per heavy atom. The molecule has 0 unspecified atom stereocenters. The summed E-state index contributed by atoms with van der Waals surface area (Å²) in [6.45, 7) is 8.26. The summed E-state index contributed by atoms with van der Waals surface area (Å²) < 4.78 is 38.9. The first-order chi connectivity index (χ1) is 22.1. The van der Waals surface area contributed by atoms with Gasteiger partial charge in [0.15, 0.2) is 18.9 Å². The number of piperazine rings is 1. The Morgan fingerprint density at radius 1 is 1.11 bits per heavy atom. The lowest BCUT2D eigenvalue weighted by molar-refractivity contribution is -0.109. The molecule has 2 aromatic heterocycles. The van der Waals surface area contributed by atoms with Crippen LogP contribution >= 0.6 is 0 Å². The molecule has 0 radical (unpaired) electrons. The molecule has 2 bridgehead atoms. The van der Waals surface area contributed by atoms with Gasteiger partial charge < -0.3 is 23.8 Å². The first-order valence-electron chi connectivity index (χ1n) is 15.5. The highest BCUT2D eigenvalue weighted by molar-refractivity contribution is 6.01. The summed E-state index contributed by atoms with van der Waals surface area (Å²) in [5.41, 5.74) is 1.09. The highest BCUT2D eigenvalue weighted by Crippen LogP contribution is 2.40. The average Bonchev–Trinajstić information content (AvgIpc) is 3.30. The van der Waals surface area contributed by atoms with Gasteiger partial charge in [0.2, 0.25) is 0 Å². The zero-order valence-electron chi connectivity index (χ0n) is 26.7. The molecule has 242 valence electrons. The molecule has 46 heavy (non-hydrogen) atoms. The second-order valence-electron chi connectivity index (χ2n) is 12.6. The number of benzene rings is 2. The van der Waals surface area contributed by atoms with Crippen LogP contribution < -0.4 is 14.4 Å². The van der Waals surface area contributed by atoms with Gasteiger partial charge in [0, 0.05) is 32.0 Å². The number of carbonyl (C=O) groups excluding carboxylic acids is 2. The second-order valence-corrected chi connectivity index (χ2v) is 12.6. The number of hydrogen-bond acceptors (Lipinski definition) is 10. The van der Waals surface area contributed by atoms with E-state index < -0.39 is 11.4 Å². The number of methoxy groups -OCH3 is 1. The number of ether oxygens (including phenoxy) is 4. The minimum Gasteiger partial charge on any atom is -0.468 e. The van der Waals surface area contributed by atoms with Gasteiger partial charge in [0.25, 0.3) is 0 Å². The standard InChI is InChI=1S/C34H38FN5O6/c1-6-20-8-7-9-21-14-24(45-19-43-5)15-25(27(20)21)29-28(35)30-26(16-36-29)31(38-32(37-30)44-13-12-41)39-17-22-10-11-23(18-39)40(22)33(42)46-34(2,3)4/h7-9,12,14-16,22-23H,6,10-11,13,17-19H2,1-5H3/t22-,23+. The van der Waals surface area contributed by atoms with Crippen LogP contribution in [-0.4, -0.2) is 83.5 Å². The lowest BCUT2D eigenvalue weighted by atomic mass is 9.95. The van der Waals surface area contributed by atoms with Crippen LogP contribution in [0.25, 0.3) is 32.9 Å². The van der Waals surface area contributed by atoms with Crippen molar-refractivity contribution in [2.24, 2.45) is 0 Å². The number of carbonyl (C=O) groups is 2. The van der Waals surface area contributed by atoms with Crippen molar-refractivity contribution in [1.29, 1.82) is 0 Å². The van der Waals surface area contributed by atoms with Crippen LogP contribution in [0.1, 0.15) is 46.1 Å². The first-order valence-corrected chi connectivity index (χ1v) is 15.5. The van der Waals surface area contributed by atoms with Crippen LogP contribution in [0, 0.1) is 5.82 Å². The number of amides is 1. The summed E-state index contributed by atoms with van der Waals surface area (Å²) in [5.74, 6) is 0.292. The Morgan fingerprint density at radius 2 is 1.87 bits per heavy atom. The van der Waals surface area contributed by atoms with Crippen molar-refractivity contribution in [2.75, 3.05) is 38.5 Å². The molecule has 2 aromatic carbocycles. The SMILES string of the molecule is CCc1cccc2cc(OCOC)cc(-c3ncc4c(N5C[C@H]6CC[C@@H](C5)N6C(=O)OC(C)(C)C)nc(OCC=O)nc4c3F)c12. The predicted octanol–water partition coefficient (Wildman–Crippen LogP) is 5.70. The van der Waals surface area contributed by atoms with E-state index in [1.54, 1.807) is 12.3 Å². The summed E-state index contributed by atoms with van der Waals surface area (Å²) in [7, 11) is 1.53. The third-order valence-electron chi connectivity index (χ3n) is 8.33. The number of aryl methyl sites for hydroxylation is 1. The summed E-state index contributed by atoms with van der Waals surface area (Å²) in [4.78, 5) is 41.8. The van der Waals surface area contributed by atoms with Crippen LogP contribution in [0.4, 0.5) is 15.0 Å². The monoisotopic (exact) mass is 631 g/mol. The molecule has 4 aromatic rings. The van der Waals surface area contributed by atoms with E-state index in [1.165, 1.54) is 7.11 Å². The first kappa shape index (κ1) is 31.4. The molecular weight excluding hydrogens is 593 g/mol. The van der Waals surface area contributed by atoms with E-state index in [0.717, 1.165) is 35.6 Å². The Hall–Kier alpha value is -4.58. The van der Waals surface area contributed by atoms with Crippen LogP contribution in [0.15, 0.2) is 36.5 Å². The fourth-order valence-electron chi connectivity index (χ4n) is 6.48. The molecule has 0 aliphatic carbocycles. The third-order valence-corrected chi connectivity index (χ3v) is 8.33. The van der Waals surface area contributed by atoms with E-state index in [1.807, 2.05) is 61.8 Å². The quantitative estimate of drug-likeness (QED) is 0.168. The van der Waals surface area contributed by atoms with Gasteiger partial charge in [0.05, 0.1) is 17.5 Å². The van der Waals surface area contributed by atoms with Crippen molar-refractivity contribution >= 4 is 39.9 Å². The van der Waals surface area contributed by atoms with Crippen LogP contribution in [-0.2, 0) is 20.7 Å². The lowest BCUT2D eigenvalue weighted by Crippen LogP contribution is -2.57. The topological polar surface area (TPSA) is 116 Å². The van der Waals surface area contributed by atoms with Gasteiger partial charge in [-0.2, -0.15) is 9.97 Å². The van der Waals surface area contributed by atoms with E-state index >= 15 is 4.39 Å². The maximum Gasteiger partial charge on any atom is 0.410 e. The molecule has 2 aliphatic heterocycles. The van der Waals surface area contributed by atoms with Gasteiger partial charge in [0.1, 0.15) is 35.0 Å². The van der Waals surface area contributed by atoms with Gasteiger partial charge in [-0.05, 0) is 68.5 Å². The molecule has 4 heterocycles. The zero-order valence-corrected chi connectivity index (χ0v) is 26.7. The molecule has 2 atom stereocenters. The summed E-state index contributed by atoms with van der Waals surface area (Å²) in [6, 6.07) is 9.24. The van der Waals surface area contributed by atoms with Crippen molar-refractivity contribution in [1.82, 2.24) is 19.9 Å². The largest absolute Gasteiger partial charge is 0.468 e. The molecule has 2 saturated heterocycles. The number of halogens is 1. The third kappa shape index (κ3) is 6.01. The average molecular weight is 632 g/mol. The molecule has 2 fully saturated rings. The Labute approximate surface area is 266 Å². The maximum atomic E-state index is 16.8. The lowest BCUT2D eigenvalue weighted by Gasteiger charge is -2.42. The molecule has 2 aliphatic rings. The normalized spacial score (nSPS) is 17.9. The van der Waals surface area contributed by atoms with Crippen molar-refractivity contribution in [3.05, 3.63) is 47.9 Å². The van der Waals surface area contributed by atoms with Gasteiger partial charge in [-0.25, -0.2) is 9.18 Å². The van der Waals surface area contributed by atoms with E-state index in [-0.39, 0.29) is 48.8 Å². The van der Waals surface area contributed by atoms with Crippen LogP contribution in [0.2, 0.25) is 0 Å². The van der Waals surface area contributed by atoms with E-state index in [4.69, 9.17) is 18.9 Å². The Balaban J connectivity index is 1.46. The molecular formula is C34H38FN5O6. The van der Waals surface area contributed by atoms with Crippen molar-refractivity contribution in [3.8, 4) is 23.0 Å². The summed E-state index contributed by atoms with van der Waals surface area (Å²) >= 11 is 0. The fourth-order valence-corrected chi connectivity index (χ4v) is 6.48. The van der Waals surface area contributed by atoms with E-state index in [0.29, 0.717) is 41.9 Å². The number of rotatable bonds is 9. The van der Waals surface area contributed by atoms with E-state index in [9.17, 15) is 9.59 Å². The molecule has 11 nitrogen and oxygen atoms in total. The van der Waals surface area contributed by atoms with Gasteiger partial charge >= 0.3 is 12.1 Å².